The molecule has 0 spiro atoms. The Balaban J connectivity index is 1.51. The van der Waals surface area contributed by atoms with Crippen LogP contribution in [0.1, 0.15) is 27.0 Å². The molecule has 5 nitrogen and oxygen atoms in total. The zero-order chi connectivity index (χ0) is 20.2. The highest BCUT2D eigenvalue weighted by Gasteiger charge is 2.26. The highest BCUT2D eigenvalue weighted by atomic mass is 16.7. The van der Waals surface area contributed by atoms with Crippen LogP contribution in [0, 0.1) is 6.92 Å². The minimum atomic E-state index is -0.501. The predicted molar refractivity (Wildman–Crippen MR) is 110 cm³/mol. The fraction of sp³-hybridized carbons (Fsp3) is 0.0417. The van der Waals surface area contributed by atoms with E-state index >= 15 is 0 Å². The molecule has 3 aromatic carbocycles. The molecule has 0 fully saturated rings. The zero-order valence-corrected chi connectivity index (χ0v) is 15.7. The first-order chi connectivity index (χ1) is 14.1. The van der Waals surface area contributed by atoms with Crippen molar-refractivity contribution >= 4 is 23.7 Å². The van der Waals surface area contributed by atoms with Crippen molar-refractivity contribution in [3.8, 4) is 5.75 Å². The summed E-state index contributed by atoms with van der Waals surface area (Å²) in [6.07, 6.45) is 1.70. The third kappa shape index (κ3) is 4.14. The molecule has 0 saturated heterocycles. The van der Waals surface area contributed by atoms with Crippen molar-refractivity contribution in [2.45, 2.75) is 6.92 Å². The van der Waals surface area contributed by atoms with Gasteiger partial charge in [0.2, 0.25) is 0 Å². The van der Waals surface area contributed by atoms with Crippen molar-refractivity contribution in [1.82, 2.24) is 0 Å². The van der Waals surface area contributed by atoms with E-state index in [9.17, 15) is 9.59 Å². The summed E-state index contributed by atoms with van der Waals surface area (Å²) >= 11 is 0. The van der Waals surface area contributed by atoms with E-state index < -0.39 is 11.9 Å². The molecule has 29 heavy (non-hydrogen) atoms. The Morgan fingerprint density at radius 3 is 2.31 bits per heavy atom. The van der Waals surface area contributed by atoms with E-state index in [0.717, 1.165) is 16.7 Å². The van der Waals surface area contributed by atoms with Gasteiger partial charge >= 0.3 is 11.9 Å². The monoisotopic (exact) mass is 383 g/mol. The first kappa shape index (κ1) is 18.4. The lowest BCUT2D eigenvalue weighted by atomic mass is 10.0. The number of rotatable bonds is 4. The fourth-order valence-electron chi connectivity index (χ4n) is 2.87. The highest BCUT2D eigenvalue weighted by Crippen LogP contribution is 2.22. The smallest absolute Gasteiger partial charge is 0.368 e. The molecular weight excluding hydrogens is 366 g/mol. The van der Waals surface area contributed by atoms with E-state index in [2.05, 4.69) is 5.16 Å². The Labute approximate surface area is 167 Å². The summed E-state index contributed by atoms with van der Waals surface area (Å²) in [5.74, 6) is -0.503. The average Bonchev–Trinajstić information content (AvgIpc) is 3.11. The fourth-order valence-corrected chi connectivity index (χ4v) is 2.87. The van der Waals surface area contributed by atoms with E-state index in [4.69, 9.17) is 9.57 Å². The first-order valence-corrected chi connectivity index (χ1v) is 9.06. The van der Waals surface area contributed by atoms with Gasteiger partial charge in [-0.25, -0.2) is 9.59 Å². The van der Waals surface area contributed by atoms with E-state index in [0.29, 0.717) is 22.6 Å². The van der Waals surface area contributed by atoms with Crippen molar-refractivity contribution < 1.29 is 19.2 Å². The van der Waals surface area contributed by atoms with Crippen LogP contribution in [0.15, 0.2) is 89.6 Å². The van der Waals surface area contributed by atoms with Gasteiger partial charge in [-0.15, -0.1) is 0 Å². The summed E-state index contributed by atoms with van der Waals surface area (Å²) < 4.78 is 5.40. The van der Waals surface area contributed by atoms with Gasteiger partial charge in [0.15, 0.2) is 0 Å². The topological polar surface area (TPSA) is 65.0 Å². The summed E-state index contributed by atoms with van der Waals surface area (Å²) in [5.41, 5.74) is 3.99. The van der Waals surface area contributed by atoms with Gasteiger partial charge in [-0.1, -0.05) is 65.3 Å². The van der Waals surface area contributed by atoms with E-state index in [-0.39, 0.29) is 0 Å². The lowest BCUT2D eigenvalue weighted by Crippen LogP contribution is -2.08. The number of esters is 1. The van der Waals surface area contributed by atoms with E-state index in [1.165, 1.54) is 0 Å². The molecule has 0 aromatic heterocycles. The SMILES string of the molecule is Cc1ccc(C(=O)Oc2ccc(/C=C3\C(=O)ON=C3c3ccccc3)cc2)cc1. The van der Waals surface area contributed by atoms with E-state index in [1.54, 1.807) is 42.5 Å². The van der Waals surface area contributed by atoms with Gasteiger partial charge in [-0.05, 0) is 42.8 Å². The van der Waals surface area contributed by atoms with Crippen LogP contribution in [0.5, 0.6) is 5.75 Å². The van der Waals surface area contributed by atoms with E-state index in [1.807, 2.05) is 49.4 Å². The van der Waals surface area contributed by atoms with Gasteiger partial charge in [0.25, 0.3) is 0 Å². The van der Waals surface area contributed by atoms with Crippen LogP contribution in [0.2, 0.25) is 0 Å². The Morgan fingerprint density at radius 1 is 0.931 bits per heavy atom. The molecule has 5 heteroatoms. The molecule has 0 amide bonds. The number of nitrogens with zero attached hydrogens (tertiary/aromatic N) is 1. The molecule has 3 aromatic rings. The third-order valence-electron chi connectivity index (χ3n) is 4.43. The lowest BCUT2D eigenvalue weighted by molar-refractivity contribution is -0.136. The summed E-state index contributed by atoms with van der Waals surface area (Å²) in [4.78, 5) is 29.2. The molecule has 0 bridgehead atoms. The number of carbonyl (C=O) groups is 2. The van der Waals surface area contributed by atoms with Crippen molar-refractivity contribution in [3.05, 3.63) is 107 Å². The molecular formula is C24H17NO4. The molecule has 0 aliphatic carbocycles. The second-order valence-corrected chi connectivity index (χ2v) is 6.57. The predicted octanol–water partition coefficient (Wildman–Crippen LogP) is 4.56. The maximum absolute atomic E-state index is 12.2. The Kier molecular flexibility index (Phi) is 5.03. The number of carbonyl (C=O) groups excluding carboxylic acids is 2. The summed E-state index contributed by atoms with van der Waals surface area (Å²) in [5, 5.41) is 3.89. The largest absolute Gasteiger partial charge is 0.423 e. The number of ether oxygens (including phenoxy) is 1. The van der Waals surface area contributed by atoms with Crippen molar-refractivity contribution in [3.63, 3.8) is 0 Å². The molecule has 142 valence electrons. The van der Waals surface area contributed by atoms with Gasteiger partial charge in [-0.3, -0.25) is 0 Å². The number of aryl methyl sites for hydroxylation is 1. The molecule has 1 heterocycles. The molecule has 1 aliphatic heterocycles. The molecule has 1 aliphatic rings. The van der Waals surface area contributed by atoms with Crippen molar-refractivity contribution in [2.24, 2.45) is 5.16 Å². The van der Waals surface area contributed by atoms with Gasteiger partial charge in [0, 0.05) is 5.56 Å². The highest BCUT2D eigenvalue weighted by molar-refractivity contribution is 6.31. The standard InChI is InChI=1S/C24H17NO4/c1-16-7-11-19(12-8-16)23(26)28-20-13-9-17(10-14-20)15-21-22(25-29-24(21)27)18-5-3-2-4-6-18/h2-15H,1H3/b21-15-. The molecule has 0 radical (unpaired) electrons. The quantitative estimate of drug-likeness (QED) is 0.287. The molecule has 0 saturated carbocycles. The van der Waals surface area contributed by atoms with Gasteiger partial charge in [0.05, 0.1) is 11.1 Å². The molecule has 0 atom stereocenters. The maximum atomic E-state index is 12.2. The van der Waals surface area contributed by atoms with Gasteiger partial charge < -0.3 is 9.57 Å². The lowest BCUT2D eigenvalue weighted by Gasteiger charge is -2.05. The Bertz CT molecular complexity index is 1110. The van der Waals surface area contributed by atoms with Gasteiger partial charge in [-0.2, -0.15) is 0 Å². The van der Waals surface area contributed by atoms with Crippen LogP contribution < -0.4 is 4.74 Å². The zero-order valence-electron chi connectivity index (χ0n) is 15.7. The van der Waals surface area contributed by atoms with Crippen molar-refractivity contribution in [1.29, 1.82) is 0 Å². The van der Waals surface area contributed by atoms with Crippen LogP contribution in [0.3, 0.4) is 0 Å². The number of hydrogen-bond acceptors (Lipinski definition) is 5. The number of hydrogen-bond donors (Lipinski definition) is 0. The summed E-state index contributed by atoms with van der Waals surface area (Å²) in [6.45, 7) is 1.95. The number of benzene rings is 3. The van der Waals surface area contributed by atoms with Crippen LogP contribution in [-0.2, 0) is 9.63 Å². The maximum Gasteiger partial charge on any atom is 0.368 e. The van der Waals surface area contributed by atoms with Crippen LogP contribution in [0.25, 0.3) is 6.08 Å². The Morgan fingerprint density at radius 2 is 1.62 bits per heavy atom. The number of oxime groups is 1. The Hall–Kier alpha value is -3.99. The van der Waals surface area contributed by atoms with Gasteiger partial charge in [0.1, 0.15) is 11.5 Å². The van der Waals surface area contributed by atoms with Crippen LogP contribution >= 0.6 is 0 Å². The minimum Gasteiger partial charge on any atom is -0.423 e. The summed E-state index contributed by atoms with van der Waals surface area (Å²) in [7, 11) is 0. The summed E-state index contributed by atoms with van der Waals surface area (Å²) in [6, 6.07) is 23.4. The van der Waals surface area contributed by atoms with Crippen molar-refractivity contribution in [2.75, 3.05) is 0 Å². The molecule has 0 unspecified atom stereocenters. The molecule has 4 rings (SSSR count). The third-order valence-corrected chi connectivity index (χ3v) is 4.43. The second kappa shape index (κ2) is 7.94. The average molecular weight is 383 g/mol. The minimum absolute atomic E-state index is 0.376. The first-order valence-electron chi connectivity index (χ1n) is 9.06. The van der Waals surface area contributed by atoms with Crippen LogP contribution in [-0.4, -0.2) is 17.7 Å². The normalized spacial score (nSPS) is 14.4. The second-order valence-electron chi connectivity index (χ2n) is 6.57. The van der Waals surface area contributed by atoms with Crippen LogP contribution in [0.4, 0.5) is 0 Å². The molecule has 0 N–H and O–H groups in total.